The van der Waals surface area contributed by atoms with Crippen LogP contribution in [0.1, 0.15) is 25.0 Å². The Morgan fingerprint density at radius 2 is 1.77 bits per heavy atom. The molecule has 0 aromatic heterocycles. The monoisotopic (exact) mass is 176 g/mol. The molecule has 0 spiro atoms. The summed E-state index contributed by atoms with van der Waals surface area (Å²) in [7, 11) is 0. The molecule has 13 heavy (non-hydrogen) atoms. The summed E-state index contributed by atoms with van der Waals surface area (Å²) in [5.74, 6) is 0. The molecule has 0 bridgehead atoms. The average Bonchev–Trinajstić information content (AvgIpc) is 2.40. The van der Waals surface area contributed by atoms with Gasteiger partial charge in [-0.2, -0.15) is 0 Å². The number of benzene rings is 1. The van der Waals surface area contributed by atoms with E-state index in [0.29, 0.717) is 0 Å². The van der Waals surface area contributed by atoms with E-state index >= 15 is 0 Å². The Hall–Kier alpha value is -0.820. The zero-order valence-corrected chi connectivity index (χ0v) is 8.34. The molecule has 0 saturated carbocycles. The van der Waals surface area contributed by atoms with Crippen molar-refractivity contribution >= 4 is 0 Å². The van der Waals surface area contributed by atoms with Crippen LogP contribution in [0.4, 0.5) is 0 Å². The number of hydrogen-bond acceptors (Lipinski definition) is 1. The quantitative estimate of drug-likeness (QED) is 0.673. The van der Waals surface area contributed by atoms with Gasteiger partial charge in [-0.05, 0) is 25.0 Å². The first kappa shape index (κ1) is 8.76. The number of hydrogen-bond donors (Lipinski definition) is 0. The maximum Gasteiger partial charge on any atom is 0.0734 e. The molecular formula is C12H16O. The van der Waals surface area contributed by atoms with Gasteiger partial charge in [-0.25, -0.2) is 0 Å². The summed E-state index contributed by atoms with van der Waals surface area (Å²) in [6, 6.07) is 8.63. The molecule has 0 amide bonds. The molecule has 0 fully saturated rings. The van der Waals surface area contributed by atoms with Gasteiger partial charge in [0.1, 0.15) is 0 Å². The third-order valence-electron chi connectivity index (χ3n) is 2.74. The van der Waals surface area contributed by atoms with E-state index in [2.05, 4.69) is 38.1 Å². The Bertz CT molecular complexity index is 279. The molecule has 0 atom stereocenters. The van der Waals surface area contributed by atoms with Crippen molar-refractivity contribution in [3.05, 3.63) is 35.4 Å². The SMILES string of the molecule is CCOC1(C)Cc2ccccc2C1. The fourth-order valence-corrected chi connectivity index (χ4v) is 2.22. The molecule has 0 N–H and O–H groups in total. The van der Waals surface area contributed by atoms with Crippen molar-refractivity contribution in [2.45, 2.75) is 32.3 Å². The van der Waals surface area contributed by atoms with Crippen molar-refractivity contribution in [1.82, 2.24) is 0 Å². The summed E-state index contributed by atoms with van der Waals surface area (Å²) < 4.78 is 5.77. The van der Waals surface area contributed by atoms with Gasteiger partial charge in [0.15, 0.2) is 0 Å². The molecular weight excluding hydrogens is 160 g/mol. The van der Waals surface area contributed by atoms with Gasteiger partial charge in [-0.15, -0.1) is 0 Å². The van der Waals surface area contributed by atoms with Crippen LogP contribution in [0.3, 0.4) is 0 Å². The van der Waals surface area contributed by atoms with Gasteiger partial charge >= 0.3 is 0 Å². The topological polar surface area (TPSA) is 9.23 Å². The summed E-state index contributed by atoms with van der Waals surface area (Å²) in [5.41, 5.74) is 2.97. The van der Waals surface area contributed by atoms with Gasteiger partial charge in [0.25, 0.3) is 0 Å². The Kier molecular flexibility index (Phi) is 2.12. The van der Waals surface area contributed by atoms with Gasteiger partial charge < -0.3 is 4.74 Å². The first-order valence-electron chi connectivity index (χ1n) is 4.94. The van der Waals surface area contributed by atoms with Gasteiger partial charge in [0.2, 0.25) is 0 Å². The van der Waals surface area contributed by atoms with Crippen molar-refractivity contribution < 1.29 is 4.74 Å². The van der Waals surface area contributed by atoms with E-state index in [1.54, 1.807) is 0 Å². The third kappa shape index (κ3) is 1.61. The van der Waals surface area contributed by atoms with Crippen LogP contribution in [-0.4, -0.2) is 12.2 Å². The highest BCUT2D eigenvalue weighted by molar-refractivity contribution is 5.34. The predicted octanol–water partition coefficient (Wildman–Crippen LogP) is 2.58. The van der Waals surface area contributed by atoms with E-state index in [1.807, 2.05) is 0 Å². The van der Waals surface area contributed by atoms with Crippen LogP contribution in [0.5, 0.6) is 0 Å². The second-order valence-electron chi connectivity index (χ2n) is 4.01. The van der Waals surface area contributed by atoms with Crippen molar-refractivity contribution in [3.8, 4) is 0 Å². The lowest BCUT2D eigenvalue weighted by atomic mass is 10.0. The van der Waals surface area contributed by atoms with Crippen molar-refractivity contribution in [2.24, 2.45) is 0 Å². The van der Waals surface area contributed by atoms with Crippen LogP contribution < -0.4 is 0 Å². The van der Waals surface area contributed by atoms with E-state index in [0.717, 1.165) is 19.4 Å². The van der Waals surface area contributed by atoms with Gasteiger partial charge in [0.05, 0.1) is 5.60 Å². The number of fused-ring (bicyclic) bond motifs is 1. The molecule has 1 aromatic carbocycles. The summed E-state index contributed by atoms with van der Waals surface area (Å²) in [6.45, 7) is 5.08. The summed E-state index contributed by atoms with van der Waals surface area (Å²) in [4.78, 5) is 0. The number of rotatable bonds is 2. The molecule has 1 aromatic rings. The molecule has 2 rings (SSSR count). The minimum absolute atomic E-state index is 0.0540. The lowest BCUT2D eigenvalue weighted by Crippen LogP contribution is -2.29. The largest absolute Gasteiger partial charge is 0.375 e. The molecule has 0 heterocycles. The Morgan fingerprint density at radius 3 is 2.23 bits per heavy atom. The predicted molar refractivity (Wildman–Crippen MR) is 53.9 cm³/mol. The first-order valence-corrected chi connectivity index (χ1v) is 4.94. The minimum atomic E-state index is 0.0540. The van der Waals surface area contributed by atoms with E-state index in [4.69, 9.17) is 4.74 Å². The van der Waals surface area contributed by atoms with Gasteiger partial charge in [0, 0.05) is 19.4 Å². The average molecular weight is 176 g/mol. The Labute approximate surface area is 79.7 Å². The van der Waals surface area contributed by atoms with Crippen molar-refractivity contribution in [1.29, 1.82) is 0 Å². The lowest BCUT2D eigenvalue weighted by Gasteiger charge is -2.23. The van der Waals surface area contributed by atoms with Crippen LogP contribution in [0.25, 0.3) is 0 Å². The molecule has 70 valence electrons. The summed E-state index contributed by atoms with van der Waals surface area (Å²) in [6.07, 6.45) is 2.13. The lowest BCUT2D eigenvalue weighted by molar-refractivity contribution is -0.0162. The zero-order chi connectivity index (χ0) is 9.31. The van der Waals surface area contributed by atoms with Crippen LogP contribution in [0, 0.1) is 0 Å². The van der Waals surface area contributed by atoms with Crippen molar-refractivity contribution in [2.75, 3.05) is 6.61 Å². The highest BCUT2D eigenvalue weighted by atomic mass is 16.5. The van der Waals surface area contributed by atoms with Crippen LogP contribution in [0.2, 0.25) is 0 Å². The summed E-state index contributed by atoms with van der Waals surface area (Å²) in [5, 5.41) is 0. The van der Waals surface area contributed by atoms with Crippen LogP contribution >= 0.6 is 0 Å². The standard InChI is InChI=1S/C12H16O/c1-3-13-12(2)8-10-6-4-5-7-11(10)9-12/h4-7H,3,8-9H2,1-2H3. The van der Waals surface area contributed by atoms with E-state index < -0.39 is 0 Å². The normalized spacial score (nSPS) is 18.6. The highest BCUT2D eigenvalue weighted by Gasteiger charge is 2.32. The minimum Gasteiger partial charge on any atom is -0.375 e. The maximum atomic E-state index is 5.77. The second-order valence-corrected chi connectivity index (χ2v) is 4.01. The zero-order valence-electron chi connectivity index (χ0n) is 8.34. The van der Waals surface area contributed by atoms with E-state index in [1.165, 1.54) is 11.1 Å². The third-order valence-corrected chi connectivity index (χ3v) is 2.74. The fourth-order valence-electron chi connectivity index (χ4n) is 2.22. The molecule has 0 radical (unpaired) electrons. The molecule has 1 nitrogen and oxygen atoms in total. The van der Waals surface area contributed by atoms with Crippen LogP contribution in [0.15, 0.2) is 24.3 Å². The van der Waals surface area contributed by atoms with Gasteiger partial charge in [-0.1, -0.05) is 24.3 Å². The maximum absolute atomic E-state index is 5.77. The first-order chi connectivity index (χ1) is 6.23. The van der Waals surface area contributed by atoms with E-state index in [-0.39, 0.29) is 5.60 Å². The van der Waals surface area contributed by atoms with Crippen molar-refractivity contribution in [3.63, 3.8) is 0 Å². The van der Waals surface area contributed by atoms with E-state index in [9.17, 15) is 0 Å². The molecule has 0 saturated heterocycles. The van der Waals surface area contributed by atoms with Crippen LogP contribution in [-0.2, 0) is 17.6 Å². The number of ether oxygens (including phenoxy) is 1. The van der Waals surface area contributed by atoms with Gasteiger partial charge in [-0.3, -0.25) is 0 Å². The Balaban J connectivity index is 2.21. The molecule has 0 unspecified atom stereocenters. The highest BCUT2D eigenvalue weighted by Crippen LogP contribution is 2.32. The molecule has 1 heteroatoms. The fraction of sp³-hybridized carbons (Fsp3) is 0.500. The summed E-state index contributed by atoms with van der Waals surface area (Å²) >= 11 is 0. The smallest absolute Gasteiger partial charge is 0.0734 e. The molecule has 1 aliphatic carbocycles. The Morgan fingerprint density at radius 1 is 1.23 bits per heavy atom. The molecule has 0 aliphatic heterocycles. The molecule has 1 aliphatic rings. The second kappa shape index (κ2) is 3.15.